The minimum absolute atomic E-state index is 0.00827. The first-order valence-electron chi connectivity index (χ1n) is 5.87. The summed E-state index contributed by atoms with van der Waals surface area (Å²) in [5, 5.41) is -0.401. The van der Waals surface area contributed by atoms with Crippen LogP contribution in [0.1, 0.15) is 32.3 Å². The van der Waals surface area contributed by atoms with Gasteiger partial charge in [0.1, 0.15) is 0 Å². The molecule has 0 bridgehead atoms. The lowest BCUT2D eigenvalue weighted by Gasteiger charge is -2.09. The molecular weight excluding hydrogens is 238 g/mol. The maximum atomic E-state index is 12.0. The highest BCUT2D eigenvalue weighted by atomic mass is 35.5. The topological polar surface area (TPSA) is 39.1 Å². The standard InChI is InChI=1S/C13H18ClNO2/c1-10(2)7-9-15-8-3-4-11(13(15)17)5-6-12(14)16/h3-4,8,10H,5-7,9H2,1-2H3. The van der Waals surface area contributed by atoms with Crippen LogP contribution in [-0.4, -0.2) is 9.81 Å². The fourth-order valence-electron chi connectivity index (χ4n) is 1.58. The average molecular weight is 256 g/mol. The lowest BCUT2D eigenvalue weighted by molar-refractivity contribution is -0.111. The second kappa shape index (κ2) is 6.60. The first-order chi connectivity index (χ1) is 8.00. The Morgan fingerprint density at radius 3 is 2.76 bits per heavy atom. The van der Waals surface area contributed by atoms with Crippen molar-refractivity contribution in [2.24, 2.45) is 5.92 Å². The van der Waals surface area contributed by atoms with Crippen LogP contribution < -0.4 is 5.56 Å². The van der Waals surface area contributed by atoms with Crippen LogP contribution in [0.3, 0.4) is 0 Å². The van der Waals surface area contributed by atoms with E-state index in [-0.39, 0.29) is 12.0 Å². The second-order valence-electron chi connectivity index (χ2n) is 4.57. The molecule has 0 aromatic carbocycles. The quantitative estimate of drug-likeness (QED) is 0.733. The molecule has 0 aliphatic heterocycles. The fourth-order valence-corrected chi connectivity index (χ4v) is 1.68. The monoisotopic (exact) mass is 255 g/mol. The summed E-state index contributed by atoms with van der Waals surface area (Å²) in [4.78, 5) is 22.7. The first kappa shape index (κ1) is 14.0. The third kappa shape index (κ3) is 4.73. The minimum atomic E-state index is -0.401. The van der Waals surface area contributed by atoms with E-state index in [2.05, 4.69) is 13.8 Å². The number of carbonyl (C=O) groups excluding carboxylic acids is 1. The van der Waals surface area contributed by atoms with Crippen molar-refractivity contribution in [1.82, 2.24) is 4.57 Å². The molecule has 94 valence electrons. The molecule has 4 heteroatoms. The highest BCUT2D eigenvalue weighted by Gasteiger charge is 2.05. The Kier molecular flexibility index (Phi) is 5.42. The highest BCUT2D eigenvalue weighted by molar-refractivity contribution is 6.63. The van der Waals surface area contributed by atoms with Gasteiger partial charge in [0.2, 0.25) is 5.24 Å². The molecule has 0 aliphatic carbocycles. The van der Waals surface area contributed by atoms with Gasteiger partial charge in [0, 0.05) is 24.7 Å². The van der Waals surface area contributed by atoms with E-state index in [9.17, 15) is 9.59 Å². The van der Waals surface area contributed by atoms with Gasteiger partial charge in [-0.1, -0.05) is 19.9 Å². The molecule has 0 aliphatic rings. The number of hydrogen-bond donors (Lipinski definition) is 0. The summed E-state index contributed by atoms with van der Waals surface area (Å²) in [6, 6.07) is 3.60. The van der Waals surface area contributed by atoms with Crippen LogP contribution in [0, 0.1) is 5.92 Å². The molecule has 0 saturated heterocycles. The van der Waals surface area contributed by atoms with Gasteiger partial charge in [-0.05, 0) is 36.4 Å². The lowest BCUT2D eigenvalue weighted by Crippen LogP contribution is -2.23. The van der Waals surface area contributed by atoms with E-state index in [0.29, 0.717) is 17.9 Å². The smallest absolute Gasteiger partial charge is 0.253 e. The minimum Gasteiger partial charge on any atom is -0.315 e. The summed E-state index contributed by atoms with van der Waals surface area (Å²) in [6.45, 7) is 4.97. The van der Waals surface area contributed by atoms with Crippen molar-refractivity contribution in [2.45, 2.75) is 39.7 Å². The fraction of sp³-hybridized carbons (Fsp3) is 0.538. The van der Waals surface area contributed by atoms with Gasteiger partial charge in [0.15, 0.2) is 0 Å². The second-order valence-corrected chi connectivity index (χ2v) is 4.99. The van der Waals surface area contributed by atoms with Gasteiger partial charge in [0.05, 0.1) is 0 Å². The van der Waals surface area contributed by atoms with Crippen LogP contribution in [0.5, 0.6) is 0 Å². The van der Waals surface area contributed by atoms with E-state index in [0.717, 1.165) is 13.0 Å². The normalized spacial score (nSPS) is 10.8. The molecule has 0 N–H and O–H groups in total. The Morgan fingerprint density at radius 1 is 1.47 bits per heavy atom. The number of pyridine rings is 1. The maximum absolute atomic E-state index is 12.0. The first-order valence-corrected chi connectivity index (χ1v) is 6.25. The van der Waals surface area contributed by atoms with Gasteiger partial charge >= 0.3 is 0 Å². The Balaban J connectivity index is 2.76. The molecule has 0 atom stereocenters. The molecule has 1 rings (SSSR count). The molecule has 0 radical (unpaired) electrons. The highest BCUT2D eigenvalue weighted by Crippen LogP contribution is 2.03. The van der Waals surface area contributed by atoms with Gasteiger partial charge in [-0.25, -0.2) is 0 Å². The third-order valence-electron chi connectivity index (χ3n) is 2.64. The molecule has 0 spiro atoms. The van der Waals surface area contributed by atoms with Gasteiger partial charge < -0.3 is 4.57 Å². The predicted molar refractivity (Wildman–Crippen MR) is 69.3 cm³/mol. The van der Waals surface area contributed by atoms with Crippen LogP contribution in [0.25, 0.3) is 0 Å². The van der Waals surface area contributed by atoms with Crippen LogP contribution in [-0.2, 0) is 17.8 Å². The molecule has 1 aromatic rings. The Hall–Kier alpha value is -1.09. The number of carbonyl (C=O) groups is 1. The summed E-state index contributed by atoms with van der Waals surface area (Å²) in [5.41, 5.74) is 0.649. The number of halogens is 1. The van der Waals surface area contributed by atoms with E-state index < -0.39 is 5.24 Å². The van der Waals surface area contributed by atoms with Gasteiger partial charge in [0.25, 0.3) is 5.56 Å². The summed E-state index contributed by atoms with van der Waals surface area (Å²) >= 11 is 5.27. The zero-order chi connectivity index (χ0) is 12.8. The van der Waals surface area contributed by atoms with E-state index in [1.165, 1.54) is 0 Å². The lowest BCUT2D eigenvalue weighted by atomic mass is 10.1. The molecular formula is C13H18ClNO2. The van der Waals surface area contributed by atoms with Crippen molar-refractivity contribution in [3.8, 4) is 0 Å². The number of rotatable bonds is 6. The number of aromatic nitrogens is 1. The largest absolute Gasteiger partial charge is 0.315 e. The van der Waals surface area contributed by atoms with Crippen LogP contribution in [0.15, 0.2) is 23.1 Å². The van der Waals surface area contributed by atoms with Gasteiger partial charge in [-0.15, -0.1) is 0 Å². The Labute approximate surface area is 106 Å². The van der Waals surface area contributed by atoms with Crippen molar-refractivity contribution in [2.75, 3.05) is 0 Å². The number of nitrogens with zero attached hydrogens (tertiary/aromatic N) is 1. The predicted octanol–water partition coefficient (Wildman–Crippen LogP) is 2.59. The molecule has 1 aromatic heterocycles. The molecule has 17 heavy (non-hydrogen) atoms. The SMILES string of the molecule is CC(C)CCn1cccc(CCC(=O)Cl)c1=O. The molecule has 3 nitrogen and oxygen atoms in total. The summed E-state index contributed by atoms with van der Waals surface area (Å²) in [5.74, 6) is 0.565. The number of aryl methyl sites for hydroxylation is 2. The van der Waals surface area contributed by atoms with Crippen LogP contribution in [0.2, 0.25) is 0 Å². The van der Waals surface area contributed by atoms with Crippen molar-refractivity contribution in [3.05, 3.63) is 34.2 Å². The average Bonchev–Trinajstić information content (AvgIpc) is 2.25. The Bertz CT molecular complexity index is 437. The number of hydrogen-bond acceptors (Lipinski definition) is 2. The zero-order valence-corrected chi connectivity index (χ0v) is 11.0. The van der Waals surface area contributed by atoms with Crippen LogP contribution in [0.4, 0.5) is 0 Å². The molecule has 0 fully saturated rings. The maximum Gasteiger partial charge on any atom is 0.253 e. The zero-order valence-electron chi connectivity index (χ0n) is 10.3. The van der Waals surface area contributed by atoms with E-state index in [1.54, 1.807) is 16.8 Å². The molecule has 0 unspecified atom stereocenters. The van der Waals surface area contributed by atoms with E-state index in [1.807, 2.05) is 6.07 Å². The van der Waals surface area contributed by atoms with Crippen molar-refractivity contribution >= 4 is 16.8 Å². The molecule has 1 heterocycles. The summed E-state index contributed by atoms with van der Waals surface area (Å²) in [6.07, 6.45) is 3.39. The molecule has 0 amide bonds. The third-order valence-corrected chi connectivity index (χ3v) is 2.83. The Morgan fingerprint density at radius 2 is 2.18 bits per heavy atom. The van der Waals surface area contributed by atoms with Crippen molar-refractivity contribution < 1.29 is 4.79 Å². The van der Waals surface area contributed by atoms with E-state index >= 15 is 0 Å². The van der Waals surface area contributed by atoms with E-state index in [4.69, 9.17) is 11.6 Å². The van der Waals surface area contributed by atoms with Gasteiger partial charge in [-0.2, -0.15) is 0 Å². The van der Waals surface area contributed by atoms with Crippen LogP contribution >= 0.6 is 11.6 Å². The summed E-state index contributed by atoms with van der Waals surface area (Å²) in [7, 11) is 0. The van der Waals surface area contributed by atoms with Crippen molar-refractivity contribution in [1.29, 1.82) is 0 Å². The van der Waals surface area contributed by atoms with Gasteiger partial charge in [-0.3, -0.25) is 9.59 Å². The molecule has 0 saturated carbocycles. The summed E-state index contributed by atoms with van der Waals surface area (Å²) < 4.78 is 1.70. The van der Waals surface area contributed by atoms with Crippen molar-refractivity contribution in [3.63, 3.8) is 0 Å².